The van der Waals surface area contributed by atoms with E-state index in [0.717, 1.165) is 41.0 Å². The number of carbonyl (C=O) groups excluding carboxylic acids is 4. The summed E-state index contributed by atoms with van der Waals surface area (Å²) in [4.78, 5) is 53.4. The van der Waals surface area contributed by atoms with Crippen LogP contribution in [-0.2, 0) is 17.6 Å². The van der Waals surface area contributed by atoms with Crippen molar-refractivity contribution in [2.75, 3.05) is 11.9 Å². The zero-order valence-corrected chi connectivity index (χ0v) is 18.0. The summed E-state index contributed by atoms with van der Waals surface area (Å²) >= 11 is 1.42. The van der Waals surface area contributed by atoms with E-state index in [2.05, 4.69) is 5.32 Å². The molecular formula is C25H20N2O4S. The SMILES string of the molecule is O=C(CN1C(=O)c2ccccc2C1=O)Nc1sc2c(c1C(=O)c1ccccc1)CCCC2. The van der Waals surface area contributed by atoms with E-state index in [-0.39, 0.29) is 5.78 Å². The lowest BCUT2D eigenvalue weighted by atomic mass is 9.92. The van der Waals surface area contributed by atoms with Gasteiger partial charge in [0, 0.05) is 10.4 Å². The van der Waals surface area contributed by atoms with Crippen LogP contribution in [0, 0.1) is 0 Å². The number of nitrogens with one attached hydrogen (secondary N) is 1. The fourth-order valence-electron chi connectivity index (χ4n) is 4.32. The van der Waals surface area contributed by atoms with Crippen molar-refractivity contribution < 1.29 is 19.2 Å². The van der Waals surface area contributed by atoms with Gasteiger partial charge in [-0.05, 0) is 43.4 Å². The number of nitrogens with zero attached hydrogens (tertiary/aromatic N) is 1. The minimum absolute atomic E-state index is 0.124. The standard InChI is InChI=1S/C25H20N2O4S/c28-20(14-27-24(30)16-10-4-5-11-17(16)25(27)31)26-23-21(18-12-6-7-13-19(18)32-23)22(29)15-8-2-1-3-9-15/h1-5,8-11H,6-7,12-14H2,(H,26,28). The Morgan fingerprint density at radius 2 is 1.50 bits per heavy atom. The average molecular weight is 445 g/mol. The molecule has 0 radical (unpaired) electrons. The van der Waals surface area contributed by atoms with E-state index < -0.39 is 24.3 Å². The number of hydrogen-bond acceptors (Lipinski definition) is 5. The van der Waals surface area contributed by atoms with Gasteiger partial charge in [-0.15, -0.1) is 11.3 Å². The molecule has 1 aliphatic carbocycles. The van der Waals surface area contributed by atoms with Crippen LogP contribution in [0.2, 0.25) is 0 Å². The number of thiophene rings is 1. The highest BCUT2D eigenvalue weighted by Gasteiger charge is 2.36. The van der Waals surface area contributed by atoms with Gasteiger partial charge in [0.05, 0.1) is 16.7 Å². The largest absolute Gasteiger partial charge is 0.316 e. The van der Waals surface area contributed by atoms with E-state index in [1.165, 1.54) is 11.3 Å². The minimum atomic E-state index is -0.500. The quantitative estimate of drug-likeness (QED) is 0.475. The normalized spacial score (nSPS) is 14.8. The molecule has 2 aliphatic rings. The van der Waals surface area contributed by atoms with Crippen molar-refractivity contribution in [1.82, 2.24) is 4.90 Å². The summed E-state index contributed by atoms with van der Waals surface area (Å²) in [5.74, 6) is -1.58. The van der Waals surface area contributed by atoms with E-state index in [1.807, 2.05) is 18.2 Å². The van der Waals surface area contributed by atoms with E-state index in [0.29, 0.717) is 27.3 Å². The third-order valence-electron chi connectivity index (χ3n) is 5.87. The van der Waals surface area contributed by atoms with Crippen LogP contribution in [0.3, 0.4) is 0 Å². The number of amides is 3. The summed E-state index contributed by atoms with van der Waals surface area (Å²) < 4.78 is 0. The highest BCUT2D eigenvalue weighted by atomic mass is 32.1. The fourth-order valence-corrected chi connectivity index (χ4v) is 5.62. The summed E-state index contributed by atoms with van der Waals surface area (Å²) in [6.07, 6.45) is 3.73. The Morgan fingerprint density at radius 3 is 2.19 bits per heavy atom. The van der Waals surface area contributed by atoms with Crippen LogP contribution in [0.25, 0.3) is 0 Å². The molecule has 2 heterocycles. The highest BCUT2D eigenvalue weighted by Crippen LogP contribution is 2.39. The second-order valence-electron chi connectivity index (χ2n) is 7.90. The molecule has 0 spiro atoms. The van der Waals surface area contributed by atoms with Gasteiger partial charge in [-0.25, -0.2) is 0 Å². The van der Waals surface area contributed by atoms with Crippen LogP contribution in [-0.4, -0.2) is 34.9 Å². The van der Waals surface area contributed by atoms with Gasteiger partial charge in [-0.2, -0.15) is 0 Å². The van der Waals surface area contributed by atoms with E-state index >= 15 is 0 Å². The Balaban J connectivity index is 1.42. The molecule has 3 aromatic rings. The fraction of sp³-hybridized carbons (Fsp3) is 0.200. The third kappa shape index (κ3) is 3.44. The number of rotatable bonds is 5. The molecule has 0 bridgehead atoms. The zero-order valence-electron chi connectivity index (χ0n) is 17.2. The molecule has 1 aromatic heterocycles. The highest BCUT2D eigenvalue weighted by molar-refractivity contribution is 7.17. The molecule has 1 aliphatic heterocycles. The Morgan fingerprint density at radius 1 is 0.875 bits per heavy atom. The molecule has 7 heteroatoms. The lowest BCUT2D eigenvalue weighted by molar-refractivity contribution is -0.116. The number of anilines is 1. The van der Waals surface area contributed by atoms with Crippen LogP contribution < -0.4 is 5.32 Å². The van der Waals surface area contributed by atoms with Gasteiger partial charge >= 0.3 is 0 Å². The van der Waals surface area contributed by atoms with E-state index in [9.17, 15) is 19.2 Å². The Hall–Kier alpha value is -3.58. The maximum absolute atomic E-state index is 13.3. The molecule has 5 rings (SSSR count). The summed E-state index contributed by atoms with van der Waals surface area (Å²) in [6, 6.07) is 15.5. The molecule has 0 atom stereocenters. The first kappa shape index (κ1) is 20.3. The summed E-state index contributed by atoms with van der Waals surface area (Å²) in [7, 11) is 0. The van der Waals surface area contributed by atoms with Gasteiger partial charge < -0.3 is 5.32 Å². The molecule has 0 saturated heterocycles. The van der Waals surface area contributed by atoms with Crippen molar-refractivity contribution in [2.45, 2.75) is 25.7 Å². The van der Waals surface area contributed by atoms with Crippen LogP contribution >= 0.6 is 11.3 Å². The van der Waals surface area contributed by atoms with Crippen LogP contribution in [0.1, 0.15) is 59.9 Å². The van der Waals surface area contributed by atoms with Gasteiger partial charge in [-0.1, -0.05) is 42.5 Å². The van der Waals surface area contributed by atoms with Crippen molar-refractivity contribution in [3.05, 3.63) is 87.3 Å². The molecule has 1 N–H and O–H groups in total. The molecule has 2 aromatic carbocycles. The molecule has 6 nitrogen and oxygen atoms in total. The minimum Gasteiger partial charge on any atom is -0.316 e. The summed E-state index contributed by atoms with van der Waals surface area (Å²) in [5, 5.41) is 3.32. The van der Waals surface area contributed by atoms with Crippen molar-refractivity contribution in [1.29, 1.82) is 0 Å². The average Bonchev–Trinajstić information content (AvgIpc) is 3.29. The number of aryl methyl sites for hydroxylation is 1. The second kappa shape index (κ2) is 8.16. The van der Waals surface area contributed by atoms with Gasteiger partial charge in [-0.3, -0.25) is 24.1 Å². The maximum Gasteiger partial charge on any atom is 0.262 e. The lowest BCUT2D eigenvalue weighted by Crippen LogP contribution is -2.37. The lowest BCUT2D eigenvalue weighted by Gasteiger charge is -2.14. The van der Waals surface area contributed by atoms with E-state index in [4.69, 9.17) is 0 Å². The van der Waals surface area contributed by atoms with Gasteiger partial charge in [0.15, 0.2) is 5.78 Å². The van der Waals surface area contributed by atoms with Gasteiger partial charge in [0.2, 0.25) is 5.91 Å². The van der Waals surface area contributed by atoms with Crippen LogP contribution in [0.4, 0.5) is 5.00 Å². The molecule has 0 fully saturated rings. The van der Waals surface area contributed by atoms with Crippen LogP contribution in [0.5, 0.6) is 0 Å². The van der Waals surface area contributed by atoms with Crippen molar-refractivity contribution >= 4 is 39.8 Å². The predicted octanol–water partition coefficient (Wildman–Crippen LogP) is 4.09. The smallest absolute Gasteiger partial charge is 0.262 e. The Bertz CT molecular complexity index is 1230. The van der Waals surface area contributed by atoms with Crippen LogP contribution in [0.15, 0.2) is 54.6 Å². The zero-order chi connectivity index (χ0) is 22.2. The molecule has 0 saturated carbocycles. The van der Waals surface area contributed by atoms with Gasteiger partial charge in [0.1, 0.15) is 11.5 Å². The number of ketones is 1. The molecule has 160 valence electrons. The van der Waals surface area contributed by atoms with Crippen molar-refractivity contribution in [2.24, 2.45) is 0 Å². The monoisotopic (exact) mass is 444 g/mol. The Kier molecular flexibility index (Phi) is 5.19. The molecular weight excluding hydrogens is 424 g/mol. The number of benzene rings is 2. The summed E-state index contributed by atoms with van der Waals surface area (Å²) in [5.41, 5.74) is 2.71. The number of hydrogen-bond donors (Lipinski definition) is 1. The van der Waals surface area contributed by atoms with Crippen molar-refractivity contribution in [3.8, 4) is 0 Å². The molecule has 0 unspecified atom stereocenters. The van der Waals surface area contributed by atoms with Crippen molar-refractivity contribution in [3.63, 3.8) is 0 Å². The first-order valence-electron chi connectivity index (χ1n) is 10.5. The Labute approximate surface area is 188 Å². The van der Waals surface area contributed by atoms with E-state index in [1.54, 1.807) is 36.4 Å². The number of imide groups is 1. The third-order valence-corrected chi connectivity index (χ3v) is 7.07. The number of carbonyl (C=O) groups is 4. The van der Waals surface area contributed by atoms with Gasteiger partial charge in [0.25, 0.3) is 11.8 Å². The maximum atomic E-state index is 13.3. The first-order valence-corrected chi connectivity index (χ1v) is 11.4. The predicted molar refractivity (Wildman–Crippen MR) is 121 cm³/mol. The molecule has 32 heavy (non-hydrogen) atoms. The summed E-state index contributed by atoms with van der Waals surface area (Å²) in [6.45, 7) is -0.395. The topological polar surface area (TPSA) is 83.6 Å². The first-order chi connectivity index (χ1) is 15.5. The molecule has 3 amide bonds. The second-order valence-corrected chi connectivity index (χ2v) is 9.01. The number of fused-ring (bicyclic) bond motifs is 2.